The molecule has 0 spiro atoms. The van der Waals surface area contributed by atoms with Gasteiger partial charge in [0, 0.05) is 26.0 Å². The monoisotopic (exact) mass is 343 g/mol. The standard InChI is InChI=1S/C19H25N3O3/c1-14-4-6-16(7-5-14)25-19(9-11-20-12-10-19)18(23)22(3)15(2)17-8-13-24-21-17/h4-8,13,15,20H,9-12H2,1-3H3. The number of amides is 1. The minimum absolute atomic E-state index is 0.0231. The summed E-state index contributed by atoms with van der Waals surface area (Å²) in [4.78, 5) is 15.0. The fourth-order valence-electron chi connectivity index (χ4n) is 3.16. The van der Waals surface area contributed by atoms with Crippen molar-refractivity contribution in [1.82, 2.24) is 15.4 Å². The number of hydrogen-bond donors (Lipinski definition) is 1. The third-order valence-corrected chi connectivity index (χ3v) is 4.92. The molecule has 1 aliphatic heterocycles. The Morgan fingerprint density at radius 3 is 2.56 bits per heavy atom. The molecule has 25 heavy (non-hydrogen) atoms. The van der Waals surface area contributed by atoms with Gasteiger partial charge in [0.15, 0.2) is 5.60 Å². The number of hydrogen-bond acceptors (Lipinski definition) is 5. The average Bonchev–Trinajstić information content (AvgIpc) is 3.17. The van der Waals surface area contributed by atoms with Gasteiger partial charge in [0.05, 0.1) is 6.04 Å². The number of aromatic nitrogens is 1. The average molecular weight is 343 g/mol. The van der Waals surface area contributed by atoms with Crippen molar-refractivity contribution in [3.63, 3.8) is 0 Å². The summed E-state index contributed by atoms with van der Waals surface area (Å²) in [6, 6.07) is 9.44. The van der Waals surface area contributed by atoms with E-state index in [2.05, 4.69) is 10.5 Å². The van der Waals surface area contributed by atoms with Crippen molar-refractivity contribution in [2.45, 2.75) is 38.3 Å². The molecular weight excluding hydrogens is 318 g/mol. The van der Waals surface area contributed by atoms with E-state index in [1.165, 1.54) is 6.26 Å². The van der Waals surface area contributed by atoms with E-state index < -0.39 is 5.60 Å². The highest BCUT2D eigenvalue weighted by molar-refractivity contribution is 5.86. The van der Waals surface area contributed by atoms with Crippen LogP contribution in [0.5, 0.6) is 5.75 Å². The van der Waals surface area contributed by atoms with Crippen LogP contribution in [0.1, 0.15) is 37.1 Å². The lowest BCUT2D eigenvalue weighted by Gasteiger charge is -2.40. The SMILES string of the molecule is Cc1ccc(OC2(C(=O)N(C)C(C)c3ccon3)CCNCC2)cc1. The highest BCUT2D eigenvalue weighted by Crippen LogP contribution is 2.31. The maximum atomic E-state index is 13.3. The topological polar surface area (TPSA) is 67.6 Å². The Balaban J connectivity index is 1.83. The fraction of sp³-hybridized carbons (Fsp3) is 0.474. The quantitative estimate of drug-likeness (QED) is 0.904. The van der Waals surface area contributed by atoms with Crippen LogP contribution in [-0.4, -0.2) is 41.7 Å². The molecule has 6 heteroatoms. The molecule has 1 atom stereocenters. The predicted octanol–water partition coefficient (Wildman–Crippen LogP) is 2.70. The predicted molar refractivity (Wildman–Crippen MR) is 94.3 cm³/mol. The molecule has 0 bridgehead atoms. The highest BCUT2D eigenvalue weighted by Gasteiger charge is 2.45. The van der Waals surface area contributed by atoms with E-state index in [0.29, 0.717) is 12.8 Å². The Hall–Kier alpha value is -2.34. The Kier molecular flexibility index (Phi) is 5.08. The first-order valence-electron chi connectivity index (χ1n) is 8.66. The number of carbonyl (C=O) groups excluding carboxylic acids is 1. The number of benzene rings is 1. The van der Waals surface area contributed by atoms with E-state index in [0.717, 1.165) is 30.1 Å². The number of piperidine rings is 1. The summed E-state index contributed by atoms with van der Waals surface area (Å²) < 4.78 is 11.2. The Morgan fingerprint density at radius 2 is 1.96 bits per heavy atom. The lowest BCUT2D eigenvalue weighted by atomic mass is 9.89. The molecule has 1 saturated heterocycles. The smallest absolute Gasteiger partial charge is 0.267 e. The molecule has 0 radical (unpaired) electrons. The number of rotatable bonds is 5. The lowest BCUT2D eigenvalue weighted by molar-refractivity contribution is -0.151. The summed E-state index contributed by atoms with van der Waals surface area (Å²) in [5, 5.41) is 7.27. The Morgan fingerprint density at radius 1 is 1.28 bits per heavy atom. The van der Waals surface area contributed by atoms with Gasteiger partial charge < -0.3 is 19.5 Å². The first-order valence-corrected chi connectivity index (χ1v) is 8.66. The van der Waals surface area contributed by atoms with Crippen molar-refractivity contribution in [2.24, 2.45) is 0 Å². The first-order chi connectivity index (χ1) is 12.0. The van der Waals surface area contributed by atoms with Crippen molar-refractivity contribution in [3.05, 3.63) is 47.9 Å². The van der Waals surface area contributed by atoms with E-state index in [9.17, 15) is 4.79 Å². The molecular formula is C19H25N3O3. The maximum Gasteiger partial charge on any atom is 0.267 e. The van der Waals surface area contributed by atoms with Crippen molar-refractivity contribution in [3.8, 4) is 5.75 Å². The van der Waals surface area contributed by atoms with E-state index in [4.69, 9.17) is 9.26 Å². The molecule has 1 aliphatic rings. The minimum atomic E-state index is -0.854. The molecule has 1 aromatic carbocycles. The molecule has 6 nitrogen and oxygen atoms in total. The highest BCUT2D eigenvalue weighted by atomic mass is 16.5. The van der Waals surface area contributed by atoms with Crippen LogP contribution >= 0.6 is 0 Å². The van der Waals surface area contributed by atoms with Crippen LogP contribution in [0.15, 0.2) is 41.1 Å². The summed E-state index contributed by atoms with van der Waals surface area (Å²) in [7, 11) is 1.80. The van der Waals surface area contributed by atoms with Crippen LogP contribution in [0.25, 0.3) is 0 Å². The van der Waals surface area contributed by atoms with Crippen LogP contribution in [0.2, 0.25) is 0 Å². The minimum Gasteiger partial charge on any atom is -0.477 e. The van der Waals surface area contributed by atoms with Gasteiger partial charge in [-0.1, -0.05) is 22.9 Å². The van der Waals surface area contributed by atoms with Gasteiger partial charge in [0.25, 0.3) is 5.91 Å². The molecule has 1 aromatic heterocycles. The zero-order chi connectivity index (χ0) is 17.9. The van der Waals surface area contributed by atoms with Crippen LogP contribution in [0.3, 0.4) is 0 Å². The molecule has 0 aliphatic carbocycles. The maximum absolute atomic E-state index is 13.3. The lowest BCUT2D eigenvalue weighted by Crippen LogP contribution is -2.57. The second-order valence-electron chi connectivity index (χ2n) is 6.68. The zero-order valence-electron chi connectivity index (χ0n) is 15.0. The largest absolute Gasteiger partial charge is 0.477 e. The summed E-state index contributed by atoms with van der Waals surface area (Å²) in [6.45, 7) is 5.48. The van der Waals surface area contributed by atoms with Gasteiger partial charge in [-0.05, 0) is 39.1 Å². The van der Waals surface area contributed by atoms with E-state index >= 15 is 0 Å². The number of nitrogens with one attached hydrogen (secondary N) is 1. The Labute approximate surface area is 148 Å². The number of carbonyl (C=O) groups is 1. The molecule has 3 rings (SSSR count). The summed E-state index contributed by atoms with van der Waals surface area (Å²) in [5.41, 5.74) is 1.04. The zero-order valence-corrected chi connectivity index (χ0v) is 15.0. The van der Waals surface area contributed by atoms with Gasteiger partial charge in [-0.2, -0.15) is 0 Å². The van der Waals surface area contributed by atoms with Gasteiger partial charge in [-0.15, -0.1) is 0 Å². The van der Waals surface area contributed by atoms with E-state index in [1.54, 1.807) is 18.0 Å². The molecule has 1 fully saturated rings. The molecule has 0 saturated carbocycles. The van der Waals surface area contributed by atoms with Gasteiger partial charge in [0.1, 0.15) is 17.7 Å². The second-order valence-corrected chi connectivity index (χ2v) is 6.68. The first kappa shape index (κ1) is 17.5. The van der Waals surface area contributed by atoms with Gasteiger partial charge in [0.2, 0.25) is 0 Å². The normalized spacial score (nSPS) is 17.7. The van der Waals surface area contributed by atoms with Crippen molar-refractivity contribution in [2.75, 3.05) is 20.1 Å². The summed E-state index contributed by atoms with van der Waals surface area (Å²) in [6.07, 6.45) is 2.79. The molecule has 2 aromatic rings. The number of nitrogens with zero attached hydrogens (tertiary/aromatic N) is 2. The van der Waals surface area contributed by atoms with Crippen LogP contribution in [0.4, 0.5) is 0 Å². The summed E-state index contributed by atoms with van der Waals surface area (Å²) in [5.74, 6) is 0.702. The molecule has 1 unspecified atom stereocenters. The van der Waals surface area contributed by atoms with E-state index in [-0.39, 0.29) is 11.9 Å². The van der Waals surface area contributed by atoms with Crippen LogP contribution in [0, 0.1) is 6.92 Å². The third-order valence-electron chi connectivity index (χ3n) is 4.92. The second kappa shape index (κ2) is 7.27. The van der Waals surface area contributed by atoms with Gasteiger partial charge >= 0.3 is 0 Å². The molecule has 1 N–H and O–H groups in total. The fourth-order valence-corrected chi connectivity index (χ4v) is 3.16. The van der Waals surface area contributed by atoms with Crippen molar-refractivity contribution in [1.29, 1.82) is 0 Å². The molecule has 134 valence electrons. The molecule has 2 heterocycles. The number of aryl methyl sites for hydroxylation is 1. The van der Waals surface area contributed by atoms with Crippen molar-refractivity contribution < 1.29 is 14.1 Å². The van der Waals surface area contributed by atoms with E-state index in [1.807, 2.05) is 38.1 Å². The molecule has 1 amide bonds. The number of likely N-dealkylation sites (N-methyl/N-ethyl adjacent to an activating group) is 1. The Bertz CT molecular complexity index is 691. The van der Waals surface area contributed by atoms with Crippen LogP contribution < -0.4 is 10.1 Å². The van der Waals surface area contributed by atoms with Gasteiger partial charge in [-0.3, -0.25) is 4.79 Å². The summed E-state index contributed by atoms with van der Waals surface area (Å²) >= 11 is 0. The van der Waals surface area contributed by atoms with Crippen molar-refractivity contribution >= 4 is 5.91 Å². The van der Waals surface area contributed by atoms with Crippen LogP contribution in [-0.2, 0) is 4.79 Å². The van der Waals surface area contributed by atoms with Gasteiger partial charge in [-0.25, -0.2) is 0 Å². The number of ether oxygens (including phenoxy) is 1. The third kappa shape index (κ3) is 3.69.